The first-order valence-electron chi connectivity index (χ1n) is 12.4. The number of rotatable bonds is 9. The van der Waals surface area contributed by atoms with E-state index in [1.165, 1.54) is 6.42 Å². The minimum atomic E-state index is -0.572. The SMILES string of the molecule is CCOc1cc(C2C(C(=O)OC3CCCCC3)=C(C)Nc3nnnn32)cc(Br)c1OCCC(C)C. The Hall–Kier alpha value is -2.62. The third-order valence-electron chi connectivity index (χ3n) is 6.35. The number of anilines is 1. The van der Waals surface area contributed by atoms with E-state index in [0.717, 1.165) is 42.1 Å². The van der Waals surface area contributed by atoms with Gasteiger partial charge in [-0.2, -0.15) is 4.68 Å². The Labute approximate surface area is 214 Å². The lowest BCUT2D eigenvalue weighted by atomic mass is 9.94. The van der Waals surface area contributed by atoms with E-state index in [2.05, 4.69) is 50.6 Å². The van der Waals surface area contributed by atoms with Crippen molar-refractivity contribution >= 4 is 27.8 Å². The van der Waals surface area contributed by atoms with Gasteiger partial charge >= 0.3 is 5.97 Å². The summed E-state index contributed by atoms with van der Waals surface area (Å²) >= 11 is 3.67. The zero-order valence-electron chi connectivity index (χ0n) is 20.8. The molecule has 10 heteroatoms. The van der Waals surface area contributed by atoms with Crippen molar-refractivity contribution < 1.29 is 19.0 Å². The summed E-state index contributed by atoms with van der Waals surface area (Å²) in [5.41, 5.74) is 1.95. The van der Waals surface area contributed by atoms with Crippen LogP contribution in [0, 0.1) is 5.92 Å². The number of benzene rings is 1. The molecule has 0 saturated heterocycles. The zero-order chi connectivity index (χ0) is 24.9. The maximum Gasteiger partial charge on any atom is 0.338 e. The third-order valence-corrected chi connectivity index (χ3v) is 6.94. The van der Waals surface area contributed by atoms with Gasteiger partial charge in [0.2, 0.25) is 5.95 Å². The number of nitrogens with one attached hydrogen (secondary N) is 1. The summed E-state index contributed by atoms with van der Waals surface area (Å²) in [7, 11) is 0. The molecule has 1 aromatic carbocycles. The summed E-state index contributed by atoms with van der Waals surface area (Å²) in [5.74, 6) is 1.90. The van der Waals surface area contributed by atoms with Gasteiger partial charge in [-0.25, -0.2) is 4.79 Å². The Morgan fingerprint density at radius 1 is 1.23 bits per heavy atom. The number of aromatic nitrogens is 4. The number of hydrogen-bond acceptors (Lipinski definition) is 8. The molecule has 9 nitrogen and oxygen atoms in total. The lowest BCUT2D eigenvalue weighted by Gasteiger charge is -2.30. The van der Waals surface area contributed by atoms with Crippen molar-refractivity contribution in [3.8, 4) is 11.5 Å². The first-order chi connectivity index (χ1) is 16.9. The van der Waals surface area contributed by atoms with Gasteiger partial charge < -0.3 is 19.5 Å². The molecule has 1 aliphatic heterocycles. The Morgan fingerprint density at radius 3 is 2.71 bits per heavy atom. The average Bonchev–Trinajstić information content (AvgIpc) is 3.28. The highest BCUT2D eigenvalue weighted by Crippen LogP contribution is 2.43. The second-order valence-electron chi connectivity index (χ2n) is 9.47. The molecule has 1 N–H and O–H groups in total. The fourth-order valence-electron chi connectivity index (χ4n) is 4.53. The Morgan fingerprint density at radius 2 is 2.00 bits per heavy atom. The van der Waals surface area contributed by atoms with Gasteiger partial charge in [-0.05, 0) is 95.9 Å². The van der Waals surface area contributed by atoms with Crippen molar-refractivity contribution in [3.63, 3.8) is 0 Å². The van der Waals surface area contributed by atoms with Crippen molar-refractivity contribution in [2.45, 2.75) is 78.4 Å². The molecule has 1 saturated carbocycles. The van der Waals surface area contributed by atoms with E-state index in [1.54, 1.807) is 4.68 Å². The van der Waals surface area contributed by atoms with E-state index in [1.807, 2.05) is 26.0 Å². The quantitative estimate of drug-likeness (QED) is 0.415. The van der Waals surface area contributed by atoms with E-state index >= 15 is 0 Å². The van der Waals surface area contributed by atoms with Gasteiger partial charge in [-0.3, -0.25) is 0 Å². The molecule has 1 atom stereocenters. The minimum Gasteiger partial charge on any atom is -0.490 e. The summed E-state index contributed by atoms with van der Waals surface area (Å²) in [5, 5.41) is 15.3. The average molecular weight is 548 g/mol. The number of tetrazole rings is 1. The summed E-state index contributed by atoms with van der Waals surface area (Å²) < 4.78 is 20.4. The van der Waals surface area contributed by atoms with Gasteiger partial charge in [-0.1, -0.05) is 25.4 Å². The minimum absolute atomic E-state index is 0.0603. The normalized spacial score (nSPS) is 18.3. The number of carbonyl (C=O) groups excluding carboxylic acids is 1. The van der Waals surface area contributed by atoms with Crippen LogP contribution < -0.4 is 14.8 Å². The third kappa shape index (κ3) is 5.79. The molecule has 0 bridgehead atoms. The van der Waals surface area contributed by atoms with Gasteiger partial charge in [0.05, 0.1) is 23.3 Å². The Balaban J connectivity index is 1.71. The molecule has 1 unspecified atom stereocenters. The smallest absolute Gasteiger partial charge is 0.338 e. The molecule has 1 aromatic heterocycles. The van der Waals surface area contributed by atoms with Crippen molar-refractivity contribution in [2.24, 2.45) is 5.92 Å². The van der Waals surface area contributed by atoms with E-state index in [-0.39, 0.29) is 12.1 Å². The highest BCUT2D eigenvalue weighted by Gasteiger charge is 2.37. The predicted molar refractivity (Wildman–Crippen MR) is 136 cm³/mol. The van der Waals surface area contributed by atoms with Gasteiger partial charge in [0.1, 0.15) is 12.1 Å². The number of fused-ring (bicyclic) bond motifs is 1. The van der Waals surface area contributed by atoms with Crippen LogP contribution in [0.4, 0.5) is 5.95 Å². The fourth-order valence-corrected chi connectivity index (χ4v) is 5.10. The molecular formula is C25H34BrN5O4. The first-order valence-corrected chi connectivity index (χ1v) is 13.2. The molecule has 35 heavy (non-hydrogen) atoms. The number of halogens is 1. The molecule has 0 radical (unpaired) electrons. The standard InChI is InChI=1S/C25H34BrN5O4/c1-5-33-20-14-17(13-19(26)23(20)34-12-11-15(2)3)22-21(16(4)27-25-28-29-30-31(22)25)24(32)35-18-9-7-6-8-10-18/h13-15,18,22H,5-12H2,1-4H3,(H,27,28,30). The van der Waals surface area contributed by atoms with Crippen LogP contribution in [-0.2, 0) is 9.53 Å². The monoisotopic (exact) mass is 547 g/mol. The Kier molecular flexibility index (Phi) is 8.30. The van der Waals surface area contributed by atoms with Gasteiger partial charge in [0.25, 0.3) is 0 Å². The van der Waals surface area contributed by atoms with Crippen molar-refractivity contribution in [2.75, 3.05) is 18.5 Å². The largest absolute Gasteiger partial charge is 0.490 e. The Bertz CT molecular complexity index is 1080. The molecular weight excluding hydrogens is 514 g/mol. The second-order valence-corrected chi connectivity index (χ2v) is 10.3. The lowest BCUT2D eigenvalue weighted by molar-refractivity contribution is -0.146. The van der Waals surface area contributed by atoms with Crippen LogP contribution in [-0.4, -0.2) is 45.5 Å². The maximum absolute atomic E-state index is 13.5. The fraction of sp³-hybridized carbons (Fsp3) is 0.600. The molecule has 0 amide bonds. The second kappa shape index (κ2) is 11.4. The summed E-state index contributed by atoms with van der Waals surface area (Å²) in [6, 6.07) is 3.27. The van der Waals surface area contributed by atoms with Crippen LogP contribution in [0.25, 0.3) is 0 Å². The van der Waals surface area contributed by atoms with Crippen molar-refractivity contribution in [1.82, 2.24) is 20.2 Å². The number of esters is 1. The highest BCUT2D eigenvalue weighted by atomic mass is 79.9. The molecule has 1 fully saturated rings. The number of nitrogens with zero attached hydrogens (tertiary/aromatic N) is 4. The van der Waals surface area contributed by atoms with Gasteiger partial charge in [0.15, 0.2) is 11.5 Å². The number of allylic oxidation sites excluding steroid dienone is 1. The predicted octanol–water partition coefficient (Wildman–Crippen LogP) is 5.42. The molecule has 1 aliphatic carbocycles. The summed E-state index contributed by atoms with van der Waals surface area (Å²) in [6.45, 7) is 9.16. The van der Waals surface area contributed by atoms with Crippen LogP contribution >= 0.6 is 15.9 Å². The molecule has 4 rings (SSSR count). The number of carbonyl (C=O) groups is 1. The first kappa shape index (κ1) is 25.5. The van der Waals surface area contributed by atoms with Crippen LogP contribution in [0.3, 0.4) is 0 Å². The lowest BCUT2D eigenvalue weighted by Crippen LogP contribution is -2.32. The van der Waals surface area contributed by atoms with E-state index in [0.29, 0.717) is 47.8 Å². The molecule has 2 aliphatic rings. The van der Waals surface area contributed by atoms with Crippen LogP contribution in [0.1, 0.15) is 77.8 Å². The topological polar surface area (TPSA) is 100 Å². The maximum atomic E-state index is 13.5. The molecule has 0 spiro atoms. The zero-order valence-corrected chi connectivity index (χ0v) is 22.4. The number of ether oxygens (including phenoxy) is 3. The summed E-state index contributed by atoms with van der Waals surface area (Å²) in [4.78, 5) is 13.5. The van der Waals surface area contributed by atoms with Gasteiger partial charge in [-0.15, -0.1) is 0 Å². The van der Waals surface area contributed by atoms with Crippen LogP contribution in [0.15, 0.2) is 27.9 Å². The van der Waals surface area contributed by atoms with Crippen molar-refractivity contribution in [3.05, 3.63) is 33.4 Å². The number of hydrogen-bond donors (Lipinski definition) is 1. The molecule has 2 heterocycles. The van der Waals surface area contributed by atoms with Gasteiger partial charge in [0, 0.05) is 5.70 Å². The highest BCUT2D eigenvalue weighted by molar-refractivity contribution is 9.10. The van der Waals surface area contributed by atoms with E-state index < -0.39 is 6.04 Å². The van der Waals surface area contributed by atoms with E-state index in [4.69, 9.17) is 14.2 Å². The molecule has 2 aromatic rings. The van der Waals surface area contributed by atoms with E-state index in [9.17, 15) is 4.79 Å². The van der Waals surface area contributed by atoms with Crippen molar-refractivity contribution in [1.29, 1.82) is 0 Å². The molecule has 190 valence electrons. The summed E-state index contributed by atoms with van der Waals surface area (Å²) in [6.07, 6.45) is 6.02. The van der Waals surface area contributed by atoms with Crippen LogP contribution in [0.5, 0.6) is 11.5 Å². The van der Waals surface area contributed by atoms with Crippen LogP contribution in [0.2, 0.25) is 0 Å².